The van der Waals surface area contributed by atoms with Crippen LogP contribution in [-0.2, 0) is 0 Å². The number of phenols is 1. The average molecular weight is 409 g/mol. The summed E-state index contributed by atoms with van der Waals surface area (Å²) in [6.07, 6.45) is 1.56. The molecule has 0 fully saturated rings. The van der Waals surface area contributed by atoms with Crippen LogP contribution in [0.1, 0.15) is 29.8 Å². The van der Waals surface area contributed by atoms with E-state index in [1.807, 2.05) is 74.5 Å². The number of fused-ring (bicyclic) bond motifs is 5. The number of nitrogens with one attached hydrogen (secondary N) is 2. The highest BCUT2D eigenvalue weighted by atomic mass is 16.3. The van der Waals surface area contributed by atoms with Crippen molar-refractivity contribution in [2.45, 2.75) is 13.8 Å². The molecule has 0 spiro atoms. The lowest BCUT2D eigenvalue weighted by atomic mass is 10.0. The first-order valence-corrected chi connectivity index (χ1v) is 10.3. The Morgan fingerprint density at radius 2 is 1.65 bits per heavy atom. The number of carbonyl (C=O) groups is 1. The van der Waals surface area contributed by atoms with Crippen LogP contribution in [0.5, 0.6) is 5.75 Å². The van der Waals surface area contributed by atoms with Gasteiger partial charge in [0.15, 0.2) is 0 Å². The van der Waals surface area contributed by atoms with Crippen molar-refractivity contribution < 1.29 is 9.90 Å². The number of H-pyrrole nitrogens is 1. The van der Waals surface area contributed by atoms with Crippen molar-refractivity contribution in [1.82, 2.24) is 10.4 Å². The fourth-order valence-corrected chi connectivity index (χ4v) is 3.63. The summed E-state index contributed by atoms with van der Waals surface area (Å²) >= 11 is 0. The van der Waals surface area contributed by atoms with Gasteiger partial charge in [-0.2, -0.15) is 5.10 Å². The molecule has 5 heteroatoms. The van der Waals surface area contributed by atoms with Crippen molar-refractivity contribution >= 4 is 44.7 Å². The van der Waals surface area contributed by atoms with Crippen LogP contribution in [-0.4, -0.2) is 22.2 Å². The van der Waals surface area contributed by atoms with Gasteiger partial charge in [-0.1, -0.05) is 74.5 Å². The minimum Gasteiger partial charge on any atom is -0.507 e. The van der Waals surface area contributed by atoms with Gasteiger partial charge in [-0.3, -0.25) is 4.79 Å². The van der Waals surface area contributed by atoms with E-state index < -0.39 is 5.91 Å². The van der Waals surface area contributed by atoms with Gasteiger partial charge in [0.1, 0.15) is 5.75 Å². The van der Waals surface area contributed by atoms with Gasteiger partial charge in [-0.25, -0.2) is 5.43 Å². The number of hydrogen-bond donors (Lipinski definition) is 3. The lowest BCUT2D eigenvalue weighted by Gasteiger charge is -2.07. The van der Waals surface area contributed by atoms with Gasteiger partial charge in [0.05, 0.1) is 17.3 Å². The summed E-state index contributed by atoms with van der Waals surface area (Å²) < 4.78 is 0. The summed E-state index contributed by atoms with van der Waals surface area (Å²) in [7, 11) is 0. The van der Waals surface area contributed by atoms with Crippen molar-refractivity contribution in [3.05, 3.63) is 90.0 Å². The second-order valence-electron chi connectivity index (χ2n) is 6.86. The van der Waals surface area contributed by atoms with Crippen molar-refractivity contribution in [2.75, 3.05) is 0 Å². The van der Waals surface area contributed by atoms with E-state index in [0.29, 0.717) is 0 Å². The number of hydrazone groups is 1. The zero-order chi connectivity index (χ0) is 21.8. The first kappa shape index (κ1) is 20.2. The van der Waals surface area contributed by atoms with Gasteiger partial charge in [-0.15, -0.1) is 0 Å². The molecule has 4 aromatic carbocycles. The van der Waals surface area contributed by atoms with E-state index in [2.05, 4.69) is 21.6 Å². The van der Waals surface area contributed by atoms with Gasteiger partial charge >= 0.3 is 0 Å². The van der Waals surface area contributed by atoms with Gasteiger partial charge in [0, 0.05) is 21.7 Å². The second-order valence-corrected chi connectivity index (χ2v) is 6.86. The number of para-hydroxylation sites is 1. The van der Waals surface area contributed by atoms with Crippen LogP contribution in [0.2, 0.25) is 0 Å². The van der Waals surface area contributed by atoms with Crippen molar-refractivity contribution in [1.29, 1.82) is 0 Å². The molecule has 0 saturated carbocycles. The van der Waals surface area contributed by atoms with Gasteiger partial charge in [0.25, 0.3) is 5.91 Å². The van der Waals surface area contributed by atoms with Crippen molar-refractivity contribution in [3.63, 3.8) is 0 Å². The molecule has 0 unspecified atom stereocenters. The molecule has 0 aliphatic carbocycles. The highest BCUT2D eigenvalue weighted by molar-refractivity contribution is 6.18. The summed E-state index contributed by atoms with van der Waals surface area (Å²) in [4.78, 5) is 15.9. The second kappa shape index (κ2) is 8.71. The highest BCUT2D eigenvalue weighted by Gasteiger charge is 2.14. The highest BCUT2D eigenvalue weighted by Crippen LogP contribution is 2.34. The SMILES string of the molecule is CC.O=C(N/N=C\c1ccccc1)c1cc2ccc3c4ccccc4[nH]c3c2cc1O. The number of nitrogens with zero attached hydrogens (tertiary/aromatic N) is 1. The van der Waals surface area contributed by atoms with Crippen molar-refractivity contribution in [2.24, 2.45) is 5.10 Å². The molecule has 5 rings (SSSR count). The third kappa shape index (κ3) is 3.85. The molecule has 0 atom stereocenters. The molecule has 0 aliphatic rings. The summed E-state index contributed by atoms with van der Waals surface area (Å²) in [5.74, 6) is -0.551. The predicted octanol–water partition coefficient (Wildman–Crippen LogP) is 5.97. The maximum Gasteiger partial charge on any atom is 0.275 e. The zero-order valence-corrected chi connectivity index (χ0v) is 17.4. The Morgan fingerprint density at radius 3 is 2.45 bits per heavy atom. The molecule has 0 radical (unpaired) electrons. The largest absolute Gasteiger partial charge is 0.507 e. The van der Waals surface area contributed by atoms with E-state index in [0.717, 1.165) is 38.1 Å². The predicted molar refractivity (Wildman–Crippen MR) is 128 cm³/mol. The molecule has 3 N–H and O–H groups in total. The first-order valence-electron chi connectivity index (χ1n) is 10.3. The number of benzene rings is 4. The number of aromatic hydroxyl groups is 1. The third-order valence-electron chi connectivity index (χ3n) is 5.04. The minimum atomic E-state index is -0.465. The lowest BCUT2D eigenvalue weighted by Crippen LogP contribution is -2.17. The fraction of sp³-hybridized carbons (Fsp3) is 0.0769. The Labute approximate surface area is 180 Å². The quantitative estimate of drug-likeness (QED) is 0.254. The summed E-state index contributed by atoms with van der Waals surface area (Å²) in [5.41, 5.74) is 5.50. The average Bonchev–Trinajstić information content (AvgIpc) is 3.20. The Kier molecular flexibility index (Phi) is 5.67. The Balaban J connectivity index is 0.00000112. The van der Waals surface area contributed by atoms with Gasteiger partial charge in [0.2, 0.25) is 0 Å². The number of aromatic amines is 1. The molecule has 1 heterocycles. The fourth-order valence-electron chi connectivity index (χ4n) is 3.63. The van der Waals surface area contributed by atoms with Crippen LogP contribution in [0.3, 0.4) is 0 Å². The van der Waals surface area contributed by atoms with Crippen molar-refractivity contribution in [3.8, 4) is 5.75 Å². The number of hydrogen-bond acceptors (Lipinski definition) is 3. The number of phenolic OH excluding ortho intramolecular Hbond substituents is 1. The van der Waals surface area contributed by atoms with Crippen LogP contribution < -0.4 is 5.43 Å². The third-order valence-corrected chi connectivity index (χ3v) is 5.04. The van der Waals surface area contributed by atoms with E-state index in [-0.39, 0.29) is 11.3 Å². The van der Waals surface area contributed by atoms with E-state index in [9.17, 15) is 9.90 Å². The summed E-state index contributed by atoms with van der Waals surface area (Å²) in [6, 6.07) is 24.8. The standard InChI is InChI=1S/C24H17N3O2.C2H6/c28-22-13-19-16(10-11-18-17-8-4-5-9-21(17)26-23(18)19)12-20(22)24(29)27-25-14-15-6-2-1-3-7-15;1-2/h1-14,26,28H,(H,27,29);1-2H3/b25-14-;. The molecule has 0 saturated heterocycles. The van der Waals surface area contributed by atoms with E-state index >= 15 is 0 Å². The molecular weight excluding hydrogens is 386 g/mol. The molecule has 5 aromatic rings. The normalized spacial score (nSPS) is 11.0. The van der Waals surface area contributed by atoms with E-state index in [4.69, 9.17) is 0 Å². The summed E-state index contributed by atoms with van der Waals surface area (Å²) in [5, 5.41) is 18.4. The molecule has 1 aromatic heterocycles. The van der Waals surface area contributed by atoms with Crippen LogP contribution in [0.15, 0.2) is 84.0 Å². The molecule has 0 bridgehead atoms. The monoisotopic (exact) mass is 409 g/mol. The number of amides is 1. The maximum absolute atomic E-state index is 12.5. The number of carbonyl (C=O) groups excluding carboxylic acids is 1. The molecule has 31 heavy (non-hydrogen) atoms. The Bertz CT molecular complexity index is 1400. The minimum absolute atomic E-state index is 0.0870. The number of rotatable bonds is 3. The van der Waals surface area contributed by atoms with Gasteiger partial charge < -0.3 is 10.1 Å². The van der Waals surface area contributed by atoms with Crippen LogP contribution >= 0.6 is 0 Å². The smallest absolute Gasteiger partial charge is 0.275 e. The maximum atomic E-state index is 12.5. The van der Waals surface area contributed by atoms with Gasteiger partial charge in [-0.05, 0) is 29.1 Å². The molecule has 5 nitrogen and oxygen atoms in total. The van der Waals surface area contributed by atoms with Crippen LogP contribution in [0.4, 0.5) is 0 Å². The topological polar surface area (TPSA) is 77.5 Å². The van der Waals surface area contributed by atoms with E-state index in [1.165, 1.54) is 0 Å². The van der Waals surface area contributed by atoms with Crippen LogP contribution in [0.25, 0.3) is 32.6 Å². The molecule has 154 valence electrons. The summed E-state index contributed by atoms with van der Waals surface area (Å²) in [6.45, 7) is 4.00. The lowest BCUT2D eigenvalue weighted by molar-refractivity contribution is 0.0952. The molecule has 0 aliphatic heterocycles. The number of aromatic nitrogens is 1. The zero-order valence-electron chi connectivity index (χ0n) is 17.4. The Morgan fingerprint density at radius 1 is 0.903 bits per heavy atom. The molecule has 1 amide bonds. The first-order chi connectivity index (χ1) is 15.2. The Hall–Kier alpha value is -4.12. The molecular formula is C26H23N3O2. The van der Waals surface area contributed by atoms with E-state index in [1.54, 1.807) is 18.3 Å². The van der Waals surface area contributed by atoms with Crippen LogP contribution in [0, 0.1) is 0 Å².